The minimum atomic E-state index is -5.81. The van der Waals surface area contributed by atoms with Gasteiger partial charge in [0.25, 0.3) is 6.10 Å². The van der Waals surface area contributed by atoms with Crippen molar-refractivity contribution in [1.29, 1.82) is 0 Å². The number of hydrogen-bond acceptors (Lipinski definition) is 4. The molecule has 5 nitrogen and oxygen atoms in total. The van der Waals surface area contributed by atoms with Gasteiger partial charge in [0.1, 0.15) is 0 Å². The number of benzene rings is 1. The summed E-state index contributed by atoms with van der Waals surface area (Å²) in [5, 5.41) is 0. The molecule has 1 saturated heterocycles. The Kier molecular flexibility index (Phi) is 11.2. The summed E-state index contributed by atoms with van der Waals surface area (Å²) in [4.78, 5) is 16.6. The van der Waals surface area contributed by atoms with Gasteiger partial charge in [-0.3, -0.25) is 4.90 Å². The second-order valence-electron chi connectivity index (χ2n) is 9.72. The maximum atomic E-state index is 13.4. The second kappa shape index (κ2) is 13.3. The number of anilines is 1. The summed E-state index contributed by atoms with van der Waals surface area (Å²) < 4.78 is 121. The van der Waals surface area contributed by atoms with E-state index in [4.69, 9.17) is 0 Å². The fraction of sp³-hybridized carbons (Fsp3) is 0.720. The summed E-state index contributed by atoms with van der Waals surface area (Å²) in [6.07, 6.45) is -18.2. The van der Waals surface area contributed by atoms with Gasteiger partial charge in [0.2, 0.25) is 0 Å². The maximum absolute atomic E-state index is 13.4. The molecule has 0 aliphatic carbocycles. The number of alkyl halides is 9. The summed E-state index contributed by atoms with van der Waals surface area (Å²) in [6, 6.07) is 3.26. The van der Waals surface area contributed by atoms with Gasteiger partial charge in [0.05, 0.1) is 5.56 Å². The molecule has 2 rings (SSSR count). The van der Waals surface area contributed by atoms with Gasteiger partial charge in [-0.15, -0.1) is 0 Å². The highest BCUT2D eigenvalue weighted by atomic mass is 19.4. The predicted octanol–water partition coefficient (Wildman–Crippen LogP) is 7.25. The normalized spacial score (nSPS) is 16.4. The third-order valence-electron chi connectivity index (χ3n) is 6.80. The van der Waals surface area contributed by atoms with Crippen LogP contribution in [-0.4, -0.2) is 73.6 Å². The molecule has 39 heavy (non-hydrogen) atoms. The van der Waals surface area contributed by atoms with Gasteiger partial charge in [-0.05, 0) is 57.9 Å². The molecule has 0 aromatic heterocycles. The molecule has 14 heteroatoms. The highest BCUT2D eigenvalue weighted by molar-refractivity contribution is 5.68. The van der Waals surface area contributed by atoms with E-state index >= 15 is 0 Å². The van der Waals surface area contributed by atoms with Crippen LogP contribution in [0.1, 0.15) is 57.1 Å². The van der Waals surface area contributed by atoms with E-state index in [1.165, 1.54) is 13.0 Å². The van der Waals surface area contributed by atoms with Crippen molar-refractivity contribution in [2.45, 2.75) is 83.2 Å². The van der Waals surface area contributed by atoms with Crippen LogP contribution in [0.25, 0.3) is 0 Å². The highest BCUT2D eigenvalue weighted by Gasteiger charge is 2.60. The van der Waals surface area contributed by atoms with Crippen LogP contribution in [0, 0.1) is 0 Å². The molecule has 1 aromatic rings. The Morgan fingerprint density at radius 1 is 0.974 bits per heavy atom. The van der Waals surface area contributed by atoms with Crippen LogP contribution in [0.3, 0.4) is 0 Å². The number of nitrogens with zero attached hydrogens (tertiary/aromatic N) is 3. The van der Waals surface area contributed by atoms with E-state index in [1.54, 1.807) is 18.9 Å². The molecule has 0 spiro atoms. The molecule has 0 unspecified atom stereocenters. The standard InChI is InChI=1S/C25H34F9N3O2/c1-4-36(22(38)39-21(24(29,30)31)25(32,33)34)14-11-17(2)35(3)16-18-9-10-19(23(26,27)28)15-20(18)37-12-7-5-6-8-13-37/h9-10,15,17,21H,4-8,11-14,16H2,1-3H3/t17-/m1/s1. The SMILES string of the molecule is CCN(CC[C@@H](C)N(C)Cc1ccc(C(F)(F)F)cc1N1CCCCCC1)C(=O)OC(C(F)(F)F)C(F)(F)F. The Labute approximate surface area is 221 Å². The fourth-order valence-electron chi connectivity index (χ4n) is 4.34. The first-order valence-corrected chi connectivity index (χ1v) is 12.7. The van der Waals surface area contributed by atoms with E-state index in [1.807, 2.05) is 4.90 Å². The van der Waals surface area contributed by atoms with E-state index in [2.05, 4.69) is 4.74 Å². The van der Waals surface area contributed by atoms with Crippen molar-refractivity contribution in [2.24, 2.45) is 0 Å². The molecule has 1 aliphatic rings. The van der Waals surface area contributed by atoms with E-state index in [9.17, 15) is 44.3 Å². The zero-order valence-electron chi connectivity index (χ0n) is 22.0. The lowest BCUT2D eigenvalue weighted by atomic mass is 10.1. The number of ether oxygens (including phenoxy) is 1. The van der Waals surface area contributed by atoms with Crippen molar-refractivity contribution < 1.29 is 49.0 Å². The van der Waals surface area contributed by atoms with Crippen LogP contribution < -0.4 is 4.90 Å². The highest BCUT2D eigenvalue weighted by Crippen LogP contribution is 2.37. The number of carbonyl (C=O) groups is 1. The molecule has 1 amide bonds. The molecule has 224 valence electrons. The quantitative estimate of drug-likeness (QED) is 0.289. The first-order chi connectivity index (χ1) is 17.9. The van der Waals surface area contributed by atoms with Crippen LogP contribution >= 0.6 is 0 Å². The van der Waals surface area contributed by atoms with E-state index in [-0.39, 0.29) is 32.1 Å². The largest absolute Gasteiger partial charge is 0.434 e. The Hall–Kier alpha value is -2.38. The lowest BCUT2D eigenvalue weighted by molar-refractivity contribution is -0.308. The molecule has 0 bridgehead atoms. The number of amides is 1. The van der Waals surface area contributed by atoms with Gasteiger partial charge < -0.3 is 14.5 Å². The van der Waals surface area contributed by atoms with Crippen LogP contribution in [-0.2, 0) is 17.5 Å². The predicted molar refractivity (Wildman–Crippen MR) is 127 cm³/mol. The summed E-state index contributed by atoms with van der Waals surface area (Å²) in [6.45, 7) is 4.25. The van der Waals surface area contributed by atoms with Crippen molar-refractivity contribution in [1.82, 2.24) is 9.80 Å². The third-order valence-corrected chi connectivity index (χ3v) is 6.80. The van der Waals surface area contributed by atoms with Gasteiger partial charge in [-0.2, -0.15) is 39.5 Å². The molecular weight excluding hydrogens is 545 g/mol. The summed E-state index contributed by atoms with van der Waals surface area (Å²) in [7, 11) is 1.70. The Morgan fingerprint density at radius 3 is 2.03 bits per heavy atom. The van der Waals surface area contributed by atoms with Gasteiger partial charge in [-0.25, -0.2) is 4.79 Å². The number of rotatable bonds is 9. The van der Waals surface area contributed by atoms with Crippen LogP contribution in [0.15, 0.2) is 18.2 Å². The average Bonchev–Trinajstić information content (AvgIpc) is 3.10. The molecule has 1 heterocycles. The van der Waals surface area contributed by atoms with Crippen LogP contribution in [0.4, 0.5) is 50.0 Å². The van der Waals surface area contributed by atoms with Gasteiger partial charge in [-0.1, -0.05) is 18.9 Å². The number of hydrogen-bond donors (Lipinski definition) is 0. The minimum Gasteiger partial charge on any atom is -0.426 e. The fourth-order valence-corrected chi connectivity index (χ4v) is 4.34. The molecular formula is C25H34F9N3O2. The van der Waals surface area contributed by atoms with Crippen LogP contribution in [0.2, 0.25) is 0 Å². The Bertz CT molecular complexity index is 913. The van der Waals surface area contributed by atoms with Gasteiger partial charge in [0, 0.05) is 44.5 Å². The van der Waals surface area contributed by atoms with Crippen molar-refractivity contribution in [3.05, 3.63) is 29.3 Å². The zero-order chi connectivity index (χ0) is 29.6. The summed E-state index contributed by atoms with van der Waals surface area (Å²) in [5.74, 6) is 0. The molecule has 1 atom stereocenters. The average molecular weight is 580 g/mol. The Balaban J connectivity index is 2.11. The van der Waals surface area contributed by atoms with E-state index in [0.717, 1.165) is 42.7 Å². The first-order valence-electron chi connectivity index (χ1n) is 12.7. The van der Waals surface area contributed by atoms with Crippen molar-refractivity contribution in [2.75, 3.05) is 38.1 Å². The van der Waals surface area contributed by atoms with E-state index < -0.39 is 36.3 Å². The third kappa shape index (κ3) is 9.64. The zero-order valence-corrected chi connectivity index (χ0v) is 22.0. The van der Waals surface area contributed by atoms with E-state index in [0.29, 0.717) is 24.3 Å². The summed E-state index contributed by atoms with van der Waals surface area (Å²) in [5.41, 5.74) is 0.383. The lowest BCUT2D eigenvalue weighted by Crippen LogP contribution is -2.48. The number of halogens is 9. The smallest absolute Gasteiger partial charge is 0.426 e. The van der Waals surface area contributed by atoms with Crippen LogP contribution in [0.5, 0.6) is 0 Å². The van der Waals surface area contributed by atoms with Gasteiger partial charge in [0.15, 0.2) is 0 Å². The summed E-state index contributed by atoms with van der Waals surface area (Å²) >= 11 is 0. The lowest BCUT2D eigenvalue weighted by Gasteiger charge is -2.31. The van der Waals surface area contributed by atoms with Crippen molar-refractivity contribution in [3.8, 4) is 0 Å². The molecule has 1 aliphatic heterocycles. The molecule has 0 saturated carbocycles. The van der Waals surface area contributed by atoms with Gasteiger partial charge >= 0.3 is 24.6 Å². The number of carbonyl (C=O) groups excluding carboxylic acids is 1. The van der Waals surface area contributed by atoms with Crippen molar-refractivity contribution in [3.63, 3.8) is 0 Å². The molecule has 1 fully saturated rings. The molecule has 1 aromatic carbocycles. The topological polar surface area (TPSA) is 36.0 Å². The monoisotopic (exact) mass is 579 g/mol. The molecule has 0 N–H and O–H groups in total. The van der Waals surface area contributed by atoms with Crippen molar-refractivity contribution >= 4 is 11.8 Å². The molecule has 0 radical (unpaired) electrons. The minimum absolute atomic E-state index is 0.168. The first kappa shape index (κ1) is 32.8. The Morgan fingerprint density at radius 2 is 1.54 bits per heavy atom. The second-order valence-corrected chi connectivity index (χ2v) is 9.72. The maximum Gasteiger partial charge on any atom is 0.434 e.